The van der Waals surface area contributed by atoms with Crippen LogP contribution in [-0.4, -0.2) is 73.2 Å². The van der Waals surface area contributed by atoms with Crippen molar-refractivity contribution in [3.63, 3.8) is 0 Å². The molecule has 0 aromatic heterocycles. The van der Waals surface area contributed by atoms with Crippen LogP contribution in [0, 0.1) is 5.92 Å². The minimum Gasteiger partial charge on any atom is -0.379 e. The second kappa shape index (κ2) is 10.3. The highest BCUT2D eigenvalue weighted by Crippen LogP contribution is 2.25. The highest BCUT2D eigenvalue weighted by molar-refractivity contribution is 8.00. The predicted octanol–water partition coefficient (Wildman–Crippen LogP) is 2.67. The highest BCUT2D eigenvalue weighted by Gasteiger charge is 2.25. The molecule has 1 unspecified atom stereocenters. The molecule has 2 fully saturated rings. The molecule has 0 amide bonds. The van der Waals surface area contributed by atoms with Gasteiger partial charge in [0.25, 0.3) is 0 Å². The monoisotopic (exact) mass is 390 g/mol. The first-order valence-corrected chi connectivity index (χ1v) is 11.2. The van der Waals surface area contributed by atoms with Crippen LogP contribution < -0.4 is 5.32 Å². The number of ether oxygens (including phenoxy) is 1. The summed E-state index contributed by atoms with van der Waals surface area (Å²) in [6.45, 7) is 12.3. The van der Waals surface area contributed by atoms with Gasteiger partial charge in [-0.3, -0.25) is 9.89 Å². The Morgan fingerprint density at radius 1 is 1.22 bits per heavy atom. The lowest BCUT2D eigenvalue weighted by Crippen LogP contribution is -2.48. The van der Waals surface area contributed by atoms with E-state index < -0.39 is 0 Å². The molecule has 27 heavy (non-hydrogen) atoms. The Bertz CT molecular complexity index is 616. The molecule has 1 atom stereocenters. The van der Waals surface area contributed by atoms with Gasteiger partial charge in [-0.15, -0.1) is 0 Å². The molecular weight excluding hydrogens is 356 g/mol. The average molecular weight is 391 g/mol. The zero-order valence-corrected chi connectivity index (χ0v) is 17.8. The third kappa shape index (κ3) is 5.87. The quantitative estimate of drug-likeness (QED) is 0.618. The fourth-order valence-electron chi connectivity index (χ4n) is 3.66. The Kier molecular flexibility index (Phi) is 7.85. The van der Waals surface area contributed by atoms with Gasteiger partial charge in [-0.25, -0.2) is 0 Å². The van der Waals surface area contributed by atoms with Gasteiger partial charge < -0.3 is 15.0 Å². The Balaban J connectivity index is 1.59. The number of benzene rings is 1. The largest absolute Gasteiger partial charge is 0.379 e. The van der Waals surface area contributed by atoms with Crippen molar-refractivity contribution >= 4 is 17.7 Å². The van der Waals surface area contributed by atoms with Crippen LogP contribution in [0.2, 0.25) is 0 Å². The molecule has 0 radical (unpaired) electrons. The number of morpholine rings is 1. The number of rotatable bonds is 5. The van der Waals surface area contributed by atoms with Crippen LogP contribution in [0.15, 0.2) is 29.3 Å². The molecule has 0 bridgehead atoms. The van der Waals surface area contributed by atoms with Crippen molar-refractivity contribution in [3.8, 4) is 0 Å². The average Bonchev–Trinajstić information content (AvgIpc) is 2.70. The van der Waals surface area contributed by atoms with E-state index in [4.69, 9.17) is 4.74 Å². The summed E-state index contributed by atoms with van der Waals surface area (Å²) >= 11 is 2.10. The summed E-state index contributed by atoms with van der Waals surface area (Å²) in [4.78, 5) is 9.46. The van der Waals surface area contributed by atoms with Crippen molar-refractivity contribution in [2.24, 2.45) is 10.9 Å². The molecule has 150 valence electrons. The molecule has 1 N–H and O–H groups in total. The second-order valence-corrected chi connectivity index (χ2v) is 9.00. The summed E-state index contributed by atoms with van der Waals surface area (Å²) in [5.41, 5.74) is 2.76. The van der Waals surface area contributed by atoms with E-state index in [0.717, 1.165) is 58.4 Å². The van der Waals surface area contributed by atoms with E-state index in [1.54, 1.807) is 0 Å². The summed E-state index contributed by atoms with van der Waals surface area (Å²) in [6, 6.07) is 8.76. The highest BCUT2D eigenvalue weighted by atomic mass is 32.2. The van der Waals surface area contributed by atoms with Crippen LogP contribution in [-0.2, 0) is 17.8 Å². The molecule has 2 aliphatic heterocycles. The topological polar surface area (TPSA) is 40.1 Å². The van der Waals surface area contributed by atoms with Crippen molar-refractivity contribution < 1.29 is 4.74 Å². The fourth-order valence-corrected chi connectivity index (χ4v) is 4.96. The molecule has 0 aliphatic carbocycles. The maximum atomic E-state index is 5.48. The Morgan fingerprint density at radius 3 is 2.67 bits per heavy atom. The van der Waals surface area contributed by atoms with E-state index in [1.807, 2.05) is 7.05 Å². The number of hydrogen-bond donors (Lipinski definition) is 1. The standard InChI is InChI=1S/C21H34N4OS/c1-17(2)20-16-25(10-13-27-20)21(22-3)23-14-18-6-4-5-7-19(18)15-24-8-11-26-12-9-24/h4-7,17,20H,8-16H2,1-3H3,(H,22,23). The molecular formula is C21H34N4OS. The number of hydrogen-bond acceptors (Lipinski definition) is 4. The number of nitrogens with one attached hydrogen (secondary N) is 1. The Labute approximate surface area is 168 Å². The fraction of sp³-hybridized carbons (Fsp3) is 0.667. The van der Waals surface area contributed by atoms with E-state index in [0.29, 0.717) is 11.2 Å². The molecule has 3 rings (SSSR count). The van der Waals surface area contributed by atoms with Gasteiger partial charge in [-0.2, -0.15) is 11.8 Å². The maximum absolute atomic E-state index is 5.48. The first kappa shape index (κ1) is 20.5. The summed E-state index contributed by atoms with van der Waals surface area (Å²) in [6.07, 6.45) is 0. The lowest BCUT2D eigenvalue weighted by Gasteiger charge is -2.36. The van der Waals surface area contributed by atoms with Gasteiger partial charge in [0.2, 0.25) is 0 Å². The molecule has 0 spiro atoms. The number of aliphatic imine (C=N–C) groups is 1. The minimum atomic E-state index is 0.686. The first-order chi connectivity index (χ1) is 13.2. The molecule has 2 saturated heterocycles. The molecule has 0 saturated carbocycles. The first-order valence-electron chi connectivity index (χ1n) is 10.1. The maximum Gasteiger partial charge on any atom is 0.193 e. The predicted molar refractivity (Wildman–Crippen MR) is 115 cm³/mol. The van der Waals surface area contributed by atoms with Crippen LogP contribution in [0.25, 0.3) is 0 Å². The van der Waals surface area contributed by atoms with Crippen molar-refractivity contribution in [1.29, 1.82) is 0 Å². The van der Waals surface area contributed by atoms with E-state index in [-0.39, 0.29) is 0 Å². The normalized spacial score (nSPS) is 22.3. The third-order valence-electron chi connectivity index (χ3n) is 5.40. The molecule has 2 aliphatic rings. The van der Waals surface area contributed by atoms with Crippen LogP contribution >= 0.6 is 11.8 Å². The number of thioether (sulfide) groups is 1. The Morgan fingerprint density at radius 2 is 1.96 bits per heavy atom. The van der Waals surface area contributed by atoms with E-state index in [2.05, 4.69) is 70.0 Å². The van der Waals surface area contributed by atoms with Gasteiger partial charge in [0.15, 0.2) is 5.96 Å². The summed E-state index contributed by atoms with van der Waals surface area (Å²) in [5, 5.41) is 4.30. The van der Waals surface area contributed by atoms with Crippen molar-refractivity contribution in [2.45, 2.75) is 32.2 Å². The van der Waals surface area contributed by atoms with Gasteiger partial charge in [0.05, 0.1) is 13.2 Å². The molecule has 6 heteroatoms. The van der Waals surface area contributed by atoms with Gasteiger partial charge in [0.1, 0.15) is 0 Å². The number of nitrogens with zero attached hydrogens (tertiary/aromatic N) is 3. The third-order valence-corrected chi connectivity index (χ3v) is 6.94. The molecule has 5 nitrogen and oxygen atoms in total. The van der Waals surface area contributed by atoms with E-state index >= 15 is 0 Å². The van der Waals surface area contributed by atoms with Crippen molar-refractivity contribution in [3.05, 3.63) is 35.4 Å². The minimum absolute atomic E-state index is 0.686. The number of guanidine groups is 1. The Hall–Kier alpha value is -1.24. The van der Waals surface area contributed by atoms with E-state index in [1.165, 1.54) is 16.9 Å². The SMILES string of the molecule is CN=C(NCc1ccccc1CN1CCOCC1)N1CCSC(C(C)C)C1. The van der Waals surface area contributed by atoms with Gasteiger partial charge in [0, 0.05) is 57.3 Å². The smallest absolute Gasteiger partial charge is 0.193 e. The zero-order valence-electron chi connectivity index (χ0n) is 17.0. The lowest BCUT2D eigenvalue weighted by molar-refractivity contribution is 0.0341. The second-order valence-electron chi connectivity index (χ2n) is 7.66. The van der Waals surface area contributed by atoms with Crippen LogP contribution in [0.1, 0.15) is 25.0 Å². The van der Waals surface area contributed by atoms with Gasteiger partial charge in [-0.1, -0.05) is 38.1 Å². The van der Waals surface area contributed by atoms with E-state index in [9.17, 15) is 0 Å². The van der Waals surface area contributed by atoms with Crippen LogP contribution in [0.5, 0.6) is 0 Å². The van der Waals surface area contributed by atoms with Gasteiger partial charge in [-0.05, 0) is 17.0 Å². The van der Waals surface area contributed by atoms with Gasteiger partial charge >= 0.3 is 0 Å². The van der Waals surface area contributed by atoms with Crippen molar-refractivity contribution in [1.82, 2.24) is 15.1 Å². The zero-order chi connectivity index (χ0) is 19.1. The lowest BCUT2D eigenvalue weighted by atomic mass is 10.1. The summed E-state index contributed by atoms with van der Waals surface area (Å²) in [7, 11) is 1.90. The van der Waals surface area contributed by atoms with Crippen LogP contribution in [0.4, 0.5) is 0 Å². The van der Waals surface area contributed by atoms with Crippen molar-refractivity contribution in [2.75, 3.05) is 52.2 Å². The summed E-state index contributed by atoms with van der Waals surface area (Å²) in [5.74, 6) is 2.91. The molecule has 1 aromatic carbocycles. The van der Waals surface area contributed by atoms with Crippen LogP contribution in [0.3, 0.4) is 0 Å². The molecule has 1 aromatic rings. The summed E-state index contributed by atoms with van der Waals surface area (Å²) < 4.78 is 5.48. The molecule has 2 heterocycles.